The van der Waals surface area contributed by atoms with Crippen molar-refractivity contribution in [1.82, 2.24) is 9.97 Å². The highest BCUT2D eigenvalue weighted by molar-refractivity contribution is 5.73. The van der Waals surface area contributed by atoms with Crippen LogP contribution in [0.3, 0.4) is 0 Å². The predicted molar refractivity (Wildman–Crippen MR) is 60.8 cm³/mol. The molecule has 0 aromatic carbocycles. The number of pyridine rings is 2. The van der Waals surface area contributed by atoms with Crippen LogP contribution in [0.25, 0.3) is 11.4 Å². The fourth-order valence-electron chi connectivity index (χ4n) is 1.45. The van der Waals surface area contributed by atoms with Gasteiger partial charge in [0.1, 0.15) is 0 Å². The van der Waals surface area contributed by atoms with Crippen molar-refractivity contribution in [3.63, 3.8) is 0 Å². The lowest BCUT2D eigenvalue weighted by Crippen LogP contribution is -1.99. The van der Waals surface area contributed by atoms with Gasteiger partial charge in [-0.15, -0.1) is 0 Å². The maximum atomic E-state index is 10.8. The van der Waals surface area contributed by atoms with Crippen molar-refractivity contribution in [2.75, 3.05) is 0 Å². The summed E-state index contributed by atoms with van der Waals surface area (Å²) in [6.45, 7) is 0. The van der Waals surface area contributed by atoms with Gasteiger partial charge < -0.3 is 0 Å². The Morgan fingerprint density at radius 3 is 1.56 bits per heavy atom. The molecule has 18 heavy (non-hydrogen) atoms. The molecule has 0 aliphatic carbocycles. The minimum Gasteiger partial charge on any atom is -0.258 e. The van der Waals surface area contributed by atoms with Crippen molar-refractivity contribution in [2.24, 2.45) is 0 Å². The van der Waals surface area contributed by atoms with Crippen molar-refractivity contribution < 1.29 is 9.85 Å². The molecule has 0 amide bonds. The predicted octanol–water partition coefficient (Wildman–Crippen LogP) is 1.96. The third kappa shape index (κ3) is 1.98. The molecule has 0 saturated carbocycles. The zero-order chi connectivity index (χ0) is 13.1. The van der Waals surface area contributed by atoms with E-state index in [1.54, 1.807) is 0 Å². The monoisotopic (exact) mass is 246 g/mol. The summed E-state index contributed by atoms with van der Waals surface area (Å²) in [5, 5.41) is 21.7. The van der Waals surface area contributed by atoms with Gasteiger partial charge in [0.25, 0.3) is 11.4 Å². The summed E-state index contributed by atoms with van der Waals surface area (Å²) in [6, 6.07) is 5.22. The maximum Gasteiger partial charge on any atom is 0.297 e. The number of aromatic nitrogens is 2. The number of hydrogen-bond donors (Lipinski definition) is 0. The van der Waals surface area contributed by atoms with E-state index >= 15 is 0 Å². The van der Waals surface area contributed by atoms with Crippen LogP contribution in [0.1, 0.15) is 0 Å². The quantitative estimate of drug-likeness (QED) is 0.604. The van der Waals surface area contributed by atoms with E-state index in [2.05, 4.69) is 9.97 Å². The molecule has 0 aliphatic rings. The summed E-state index contributed by atoms with van der Waals surface area (Å²) >= 11 is 0. The zero-order valence-corrected chi connectivity index (χ0v) is 8.89. The van der Waals surface area contributed by atoms with Crippen molar-refractivity contribution in [1.29, 1.82) is 0 Å². The Hall–Kier alpha value is -2.90. The second kappa shape index (κ2) is 4.53. The van der Waals surface area contributed by atoms with Crippen LogP contribution >= 0.6 is 0 Å². The molecular weight excluding hydrogens is 240 g/mol. The van der Waals surface area contributed by atoms with Gasteiger partial charge in [-0.1, -0.05) is 0 Å². The molecule has 2 heterocycles. The molecule has 8 nitrogen and oxygen atoms in total. The molecule has 0 bridgehead atoms. The molecule has 0 unspecified atom stereocenters. The Morgan fingerprint density at radius 1 is 0.833 bits per heavy atom. The fraction of sp³-hybridized carbons (Fsp3) is 0. The molecule has 90 valence electrons. The normalized spacial score (nSPS) is 10.0. The summed E-state index contributed by atoms with van der Waals surface area (Å²) in [5.41, 5.74) is -0.872. The van der Waals surface area contributed by atoms with Crippen LogP contribution in [0.4, 0.5) is 11.4 Å². The summed E-state index contributed by atoms with van der Waals surface area (Å²) in [4.78, 5) is 28.0. The van der Waals surface area contributed by atoms with Crippen molar-refractivity contribution in [2.45, 2.75) is 0 Å². The first-order valence-electron chi connectivity index (χ1n) is 4.80. The molecule has 8 heteroatoms. The van der Waals surface area contributed by atoms with Crippen LogP contribution in [-0.4, -0.2) is 19.8 Å². The first kappa shape index (κ1) is 11.6. The van der Waals surface area contributed by atoms with E-state index in [0.29, 0.717) is 0 Å². The van der Waals surface area contributed by atoms with Crippen LogP contribution in [0.5, 0.6) is 0 Å². The van der Waals surface area contributed by atoms with E-state index in [4.69, 9.17) is 0 Å². The lowest BCUT2D eigenvalue weighted by Gasteiger charge is -2.01. The average molecular weight is 246 g/mol. The first-order valence-corrected chi connectivity index (χ1v) is 4.80. The van der Waals surface area contributed by atoms with Gasteiger partial charge >= 0.3 is 0 Å². The summed E-state index contributed by atoms with van der Waals surface area (Å²) in [5.74, 6) is 0. The van der Waals surface area contributed by atoms with Crippen molar-refractivity contribution in [3.05, 3.63) is 56.9 Å². The highest BCUT2D eigenvalue weighted by atomic mass is 16.6. The smallest absolute Gasteiger partial charge is 0.258 e. The molecule has 0 spiro atoms. The molecule has 0 saturated heterocycles. The SMILES string of the molecule is O=[N+]([O-])c1cccnc1-c1ncccc1[N+](=O)[O-]. The topological polar surface area (TPSA) is 112 Å². The average Bonchev–Trinajstić information content (AvgIpc) is 2.38. The third-order valence-electron chi connectivity index (χ3n) is 2.19. The van der Waals surface area contributed by atoms with Gasteiger partial charge in [-0.05, 0) is 12.1 Å². The van der Waals surface area contributed by atoms with Crippen LogP contribution < -0.4 is 0 Å². The highest BCUT2D eigenvalue weighted by Crippen LogP contribution is 2.31. The molecule has 2 rings (SSSR count). The van der Waals surface area contributed by atoms with Crippen molar-refractivity contribution >= 4 is 11.4 Å². The Morgan fingerprint density at radius 2 is 1.22 bits per heavy atom. The minimum absolute atomic E-state index is 0.116. The van der Waals surface area contributed by atoms with E-state index in [-0.39, 0.29) is 22.8 Å². The molecule has 2 aromatic rings. The zero-order valence-electron chi connectivity index (χ0n) is 8.89. The molecule has 0 fully saturated rings. The number of nitrogens with zero attached hydrogens (tertiary/aromatic N) is 4. The Kier molecular flexibility index (Phi) is 2.92. The first-order chi connectivity index (χ1) is 8.61. The summed E-state index contributed by atoms with van der Waals surface area (Å²) in [7, 11) is 0. The van der Waals surface area contributed by atoms with Crippen LogP contribution in [0.2, 0.25) is 0 Å². The van der Waals surface area contributed by atoms with Gasteiger partial charge in [-0.2, -0.15) is 0 Å². The molecule has 0 atom stereocenters. The van der Waals surface area contributed by atoms with E-state index < -0.39 is 9.85 Å². The van der Waals surface area contributed by atoms with Gasteiger partial charge in [-0.25, -0.2) is 9.97 Å². The Labute approximate surface area is 100 Å². The lowest BCUT2D eigenvalue weighted by atomic mass is 10.2. The van der Waals surface area contributed by atoms with E-state index in [0.717, 1.165) is 0 Å². The fourth-order valence-corrected chi connectivity index (χ4v) is 1.45. The van der Waals surface area contributed by atoms with E-state index in [1.807, 2.05) is 0 Å². The van der Waals surface area contributed by atoms with Crippen molar-refractivity contribution in [3.8, 4) is 11.4 Å². The summed E-state index contributed by atoms with van der Waals surface area (Å²) in [6.07, 6.45) is 2.64. The molecule has 0 aliphatic heterocycles. The van der Waals surface area contributed by atoms with Gasteiger partial charge in [0, 0.05) is 24.5 Å². The molecular formula is C10H6N4O4. The van der Waals surface area contributed by atoms with Gasteiger partial charge in [0.2, 0.25) is 0 Å². The van der Waals surface area contributed by atoms with Crippen LogP contribution in [0, 0.1) is 20.2 Å². The molecule has 0 N–H and O–H groups in total. The summed E-state index contributed by atoms with van der Waals surface area (Å²) < 4.78 is 0. The number of rotatable bonds is 3. The molecule has 0 radical (unpaired) electrons. The second-order valence-corrected chi connectivity index (χ2v) is 3.26. The number of hydrogen-bond acceptors (Lipinski definition) is 6. The van der Waals surface area contributed by atoms with Gasteiger partial charge in [0.05, 0.1) is 9.85 Å². The van der Waals surface area contributed by atoms with Crippen LogP contribution in [-0.2, 0) is 0 Å². The third-order valence-corrected chi connectivity index (χ3v) is 2.19. The Balaban J connectivity index is 2.70. The molecule has 2 aromatic heterocycles. The second-order valence-electron chi connectivity index (χ2n) is 3.26. The van der Waals surface area contributed by atoms with E-state index in [9.17, 15) is 20.2 Å². The standard InChI is InChI=1S/C10H6N4O4/c15-13(16)7-3-1-5-11-9(7)10-8(14(17)18)4-2-6-12-10/h1-6H. The minimum atomic E-state index is -0.652. The maximum absolute atomic E-state index is 10.8. The van der Waals surface area contributed by atoms with Gasteiger partial charge in [-0.3, -0.25) is 20.2 Å². The largest absolute Gasteiger partial charge is 0.297 e. The Bertz CT molecular complexity index is 573. The number of nitro groups is 2. The van der Waals surface area contributed by atoms with E-state index in [1.165, 1.54) is 36.7 Å². The highest BCUT2D eigenvalue weighted by Gasteiger charge is 2.24. The van der Waals surface area contributed by atoms with Crippen LogP contribution in [0.15, 0.2) is 36.7 Å². The lowest BCUT2D eigenvalue weighted by molar-refractivity contribution is -0.386. The van der Waals surface area contributed by atoms with Gasteiger partial charge in [0.15, 0.2) is 11.4 Å².